The Kier molecular flexibility index (Phi) is 6.28. The largest absolute Gasteiger partial charge is 0.367 e. The van der Waals surface area contributed by atoms with Crippen LogP contribution in [0.5, 0.6) is 0 Å². The first-order valence-corrected chi connectivity index (χ1v) is 12.2. The van der Waals surface area contributed by atoms with Crippen LogP contribution in [0.3, 0.4) is 0 Å². The van der Waals surface area contributed by atoms with Crippen LogP contribution < -0.4 is 4.90 Å². The van der Waals surface area contributed by atoms with E-state index in [9.17, 15) is 8.78 Å². The zero-order valence-electron chi connectivity index (χ0n) is 20.1. The van der Waals surface area contributed by atoms with Crippen LogP contribution in [0.1, 0.15) is 23.0 Å². The van der Waals surface area contributed by atoms with Crippen molar-refractivity contribution in [2.75, 3.05) is 31.1 Å². The van der Waals surface area contributed by atoms with Gasteiger partial charge in [0.05, 0.1) is 23.8 Å². The summed E-state index contributed by atoms with van der Waals surface area (Å²) in [7, 11) is 0. The number of hydrogen-bond acceptors (Lipinski definition) is 6. The summed E-state index contributed by atoms with van der Waals surface area (Å²) >= 11 is 0. The minimum absolute atomic E-state index is 0.210. The molecule has 0 saturated carbocycles. The lowest BCUT2D eigenvalue weighted by Gasteiger charge is -2.40. The standard InChI is InChI=1S/C28H25F2N7/c29-23-10-7-20(8-11-23)19-37-28(32-33-34-37)27(22-9-12-25-21(18-22)4-3-13-31-25)36-16-14-35(15-17-36)26-6-2-1-5-24(26)30/h1-13,18,27H,14-17,19H2. The van der Waals surface area contributed by atoms with Gasteiger partial charge in [-0.2, -0.15) is 0 Å². The number of benzene rings is 3. The van der Waals surface area contributed by atoms with Crippen LogP contribution in [0, 0.1) is 11.6 Å². The van der Waals surface area contributed by atoms with Gasteiger partial charge in [-0.3, -0.25) is 9.88 Å². The summed E-state index contributed by atoms with van der Waals surface area (Å²) < 4.78 is 29.7. The fourth-order valence-electron chi connectivity index (χ4n) is 5.00. The molecule has 0 aliphatic carbocycles. The molecule has 0 radical (unpaired) electrons. The maximum Gasteiger partial charge on any atom is 0.173 e. The molecule has 1 aliphatic heterocycles. The number of halogens is 2. The summed E-state index contributed by atoms with van der Waals surface area (Å²) in [6.45, 7) is 3.17. The molecule has 1 fully saturated rings. The molecular weight excluding hydrogens is 472 g/mol. The second-order valence-corrected chi connectivity index (χ2v) is 9.15. The number of para-hydroxylation sites is 1. The van der Waals surface area contributed by atoms with Crippen molar-refractivity contribution in [2.24, 2.45) is 0 Å². The molecule has 2 aromatic heterocycles. The lowest BCUT2D eigenvalue weighted by Crippen LogP contribution is -2.48. The van der Waals surface area contributed by atoms with Crippen molar-refractivity contribution < 1.29 is 8.78 Å². The molecule has 186 valence electrons. The Morgan fingerprint density at radius 2 is 1.65 bits per heavy atom. The number of anilines is 1. The number of piperazine rings is 1. The highest BCUT2D eigenvalue weighted by Gasteiger charge is 2.31. The molecule has 9 heteroatoms. The molecule has 1 aliphatic rings. The molecule has 0 bridgehead atoms. The monoisotopic (exact) mass is 497 g/mol. The van der Waals surface area contributed by atoms with E-state index in [0.29, 0.717) is 44.2 Å². The van der Waals surface area contributed by atoms with Gasteiger partial charge in [0.15, 0.2) is 5.82 Å². The zero-order chi connectivity index (χ0) is 25.2. The topological polar surface area (TPSA) is 63.0 Å². The number of rotatable bonds is 6. The van der Waals surface area contributed by atoms with Gasteiger partial charge in [-0.25, -0.2) is 13.5 Å². The van der Waals surface area contributed by atoms with Gasteiger partial charge >= 0.3 is 0 Å². The van der Waals surface area contributed by atoms with Crippen molar-refractivity contribution in [3.05, 3.63) is 114 Å². The second-order valence-electron chi connectivity index (χ2n) is 9.15. The van der Waals surface area contributed by atoms with Gasteiger partial charge < -0.3 is 4.90 Å². The third-order valence-corrected chi connectivity index (χ3v) is 6.87. The van der Waals surface area contributed by atoms with Crippen molar-refractivity contribution in [3.8, 4) is 0 Å². The first-order chi connectivity index (χ1) is 18.2. The Bertz CT molecular complexity index is 1510. The van der Waals surface area contributed by atoms with Gasteiger partial charge in [-0.1, -0.05) is 36.4 Å². The summed E-state index contributed by atoms with van der Waals surface area (Å²) in [5.74, 6) is 0.209. The zero-order valence-corrected chi connectivity index (χ0v) is 20.1. The summed E-state index contributed by atoms with van der Waals surface area (Å²) in [5.41, 5.74) is 3.49. The minimum Gasteiger partial charge on any atom is -0.367 e. The molecule has 1 unspecified atom stereocenters. The minimum atomic E-state index is -0.281. The van der Waals surface area contributed by atoms with E-state index in [-0.39, 0.29) is 17.7 Å². The maximum absolute atomic E-state index is 14.4. The highest BCUT2D eigenvalue weighted by Crippen LogP contribution is 2.31. The molecule has 0 N–H and O–H groups in total. The number of tetrazole rings is 1. The average molecular weight is 498 g/mol. The lowest BCUT2D eigenvalue weighted by atomic mass is 10.0. The molecule has 1 atom stereocenters. The quantitative estimate of drug-likeness (QED) is 0.345. The Labute approximate surface area is 213 Å². The van der Waals surface area contributed by atoms with Crippen LogP contribution >= 0.6 is 0 Å². The molecule has 7 nitrogen and oxygen atoms in total. The highest BCUT2D eigenvalue weighted by atomic mass is 19.1. The van der Waals surface area contributed by atoms with E-state index < -0.39 is 0 Å². The van der Waals surface area contributed by atoms with Gasteiger partial charge in [0.1, 0.15) is 11.6 Å². The van der Waals surface area contributed by atoms with Crippen LogP contribution in [-0.4, -0.2) is 56.3 Å². The Morgan fingerprint density at radius 3 is 2.46 bits per heavy atom. The molecule has 0 amide bonds. The van der Waals surface area contributed by atoms with Crippen molar-refractivity contribution in [2.45, 2.75) is 12.6 Å². The first-order valence-electron chi connectivity index (χ1n) is 12.2. The predicted molar refractivity (Wildman–Crippen MR) is 137 cm³/mol. The number of pyridine rings is 1. The van der Waals surface area contributed by atoms with Crippen LogP contribution in [-0.2, 0) is 6.54 Å². The van der Waals surface area contributed by atoms with Crippen LogP contribution in [0.15, 0.2) is 85.1 Å². The van der Waals surface area contributed by atoms with E-state index in [1.807, 2.05) is 30.3 Å². The lowest BCUT2D eigenvalue weighted by molar-refractivity contribution is 0.201. The number of nitrogens with zero attached hydrogens (tertiary/aromatic N) is 7. The molecule has 0 spiro atoms. The Hall–Kier alpha value is -4.24. The highest BCUT2D eigenvalue weighted by molar-refractivity contribution is 5.79. The fourth-order valence-corrected chi connectivity index (χ4v) is 5.00. The molecule has 37 heavy (non-hydrogen) atoms. The van der Waals surface area contributed by atoms with Crippen LogP contribution in [0.4, 0.5) is 14.5 Å². The van der Waals surface area contributed by atoms with Crippen molar-refractivity contribution >= 4 is 16.6 Å². The van der Waals surface area contributed by atoms with Crippen molar-refractivity contribution in [1.82, 2.24) is 30.1 Å². The van der Waals surface area contributed by atoms with E-state index in [2.05, 4.69) is 42.4 Å². The molecule has 3 aromatic carbocycles. The second kappa shape index (κ2) is 10.0. The molecule has 1 saturated heterocycles. The van der Waals surface area contributed by atoms with Crippen LogP contribution in [0.25, 0.3) is 10.9 Å². The number of hydrogen-bond donors (Lipinski definition) is 0. The summed E-state index contributed by atoms with van der Waals surface area (Å²) in [4.78, 5) is 8.87. The van der Waals surface area contributed by atoms with Crippen LogP contribution in [0.2, 0.25) is 0 Å². The van der Waals surface area contributed by atoms with E-state index >= 15 is 0 Å². The smallest absolute Gasteiger partial charge is 0.173 e. The molecule has 3 heterocycles. The van der Waals surface area contributed by atoms with E-state index in [1.165, 1.54) is 18.2 Å². The summed E-state index contributed by atoms with van der Waals surface area (Å²) in [6.07, 6.45) is 1.78. The maximum atomic E-state index is 14.4. The van der Waals surface area contributed by atoms with Crippen molar-refractivity contribution in [3.63, 3.8) is 0 Å². The fraction of sp³-hybridized carbons (Fsp3) is 0.214. The van der Waals surface area contributed by atoms with Crippen molar-refractivity contribution in [1.29, 1.82) is 0 Å². The third-order valence-electron chi connectivity index (χ3n) is 6.87. The Balaban J connectivity index is 1.34. The predicted octanol–water partition coefficient (Wildman–Crippen LogP) is 4.46. The van der Waals surface area contributed by atoms with E-state index in [4.69, 9.17) is 0 Å². The summed E-state index contributed by atoms with van der Waals surface area (Å²) in [6, 6.07) is 23.2. The van der Waals surface area contributed by atoms with Gasteiger partial charge in [-0.15, -0.1) is 5.10 Å². The Morgan fingerprint density at radius 1 is 0.838 bits per heavy atom. The van der Waals surface area contributed by atoms with Gasteiger partial charge in [0.2, 0.25) is 0 Å². The molecule has 6 rings (SSSR count). The molecular formula is C28H25F2N7. The van der Waals surface area contributed by atoms with Gasteiger partial charge in [0.25, 0.3) is 0 Å². The number of fused-ring (bicyclic) bond motifs is 1. The SMILES string of the molecule is Fc1ccc(Cn2nnnc2C(c2ccc3ncccc3c2)N2CCN(c3ccccc3F)CC2)cc1. The van der Waals surface area contributed by atoms with E-state index in [0.717, 1.165) is 22.0 Å². The average Bonchev–Trinajstić information content (AvgIpc) is 3.38. The summed E-state index contributed by atoms with van der Waals surface area (Å²) in [5, 5.41) is 13.8. The third kappa shape index (κ3) is 4.77. The molecule has 5 aromatic rings. The van der Waals surface area contributed by atoms with Gasteiger partial charge in [0, 0.05) is 37.8 Å². The first kappa shape index (κ1) is 23.2. The van der Waals surface area contributed by atoms with E-state index in [1.54, 1.807) is 29.1 Å². The normalized spacial score (nSPS) is 15.2. The van der Waals surface area contributed by atoms with Gasteiger partial charge in [-0.05, 0) is 64.0 Å². The number of aromatic nitrogens is 5.